The van der Waals surface area contributed by atoms with Gasteiger partial charge in [0, 0.05) is 6.42 Å². The van der Waals surface area contributed by atoms with Gasteiger partial charge in [0.1, 0.15) is 5.54 Å². The van der Waals surface area contributed by atoms with Crippen LogP contribution in [0.15, 0.2) is 16.8 Å². The fourth-order valence-electron chi connectivity index (χ4n) is 1.96. The van der Waals surface area contributed by atoms with E-state index < -0.39 is 11.5 Å². The summed E-state index contributed by atoms with van der Waals surface area (Å²) in [5, 5.41) is 16.3. The normalized spacial score (nSPS) is 24.8. The third-order valence-corrected chi connectivity index (χ3v) is 3.47. The first-order valence-electron chi connectivity index (χ1n) is 4.72. The highest BCUT2D eigenvalue weighted by molar-refractivity contribution is 7.07. The van der Waals surface area contributed by atoms with E-state index >= 15 is 0 Å². The molecule has 1 aromatic heterocycles. The Labute approximate surface area is 98.9 Å². The second-order valence-electron chi connectivity index (χ2n) is 3.73. The van der Waals surface area contributed by atoms with E-state index in [1.807, 2.05) is 16.8 Å². The number of halogens is 1. The number of thiophene rings is 1. The van der Waals surface area contributed by atoms with Crippen LogP contribution in [0.3, 0.4) is 0 Å². The number of carboxylic acid groups (broad SMARTS) is 1. The van der Waals surface area contributed by atoms with Crippen LogP contribution in [0, 0.1) is 0 Å². The van der Waals surface area contributed by atoms with Gasteiger partial charge in [-0.2, -0.15) is 11.3 Å². The Balaban J connectivity index is 0.00000112. The molecular weight excluding hydrogens is 234 g/mol. The van der Waals surface area contributed by atoms with Gasteiger partial charge in [-0.3, -0.25) is 4.79 Å². The van der Waals surface area contributed by atoms with E-state index in [1.54, 1.807) is 11.3 Å². The Bertz CT molecular complexity index is 320. The maximum absolute atomic E-state index is 11.2. The minimum Gasteiger partial charge on any atom is -0.480 e. The van der Waals surface area contributed by atoms with Crippen molar-refractivity contribution < 1.29 is 9.90 Å². The molecule has 5 heteroatoms. The molecule has 1 fully saturated rings. The number of carbonyl (C=O) groups is 1. The number of hydrogen-bond acceptors (Lipinski definition) is 3. The Morgan fingerprint density at radius 3 is 2.93 bits per heavy atom. The van der Waals surface area contributed by atoms with Crippen molar-refractivity contribution in [3.05, 3.63) is 22.4 Å². The molecule has 0 aliphatic carbocycles. The van der Waals surface area contributed by atoms with Crippen molar-refractivity contribution >= 4 is 29.7 Å². The Morgan fingerprint density at radius 2 is 2.47 bits per heavy atom. The number of rotatable bonds is 3. The lowest BCUT2D eigenvalue weighted by atomic mass is 9.90. The highest BCUT2D eigenvalue weighted by Crippen LogP contribution is 2.25. The van der Waals surface area contributed by atoms with Gasteiger partial charge < -0.3 is 10.4 Å². The van der Waals surface area contributed by atoms with E-state index in [9.17, 15) is 9.90 Å². The maximum Gasteiger partial charge on any atom is 0.324 e. The monoisotopic (exact) mass is 247 g/mol. The second kappa shape index (κ2) is 4.96. The minimum absolute atomic E-state index is 0. The van der Waals surface area contributed by atoms with Gasteiger partial charge in [-0.15, -0.1) is 12.4 Å². The van der Waals surface area contributed by atoms with Crippen molar-refractivity contribution in [2.75, 3.05) is 6.54 Å². The predicted octanol–water partition coefficient (Wildman–Crippen LogP) is 1.92. The zero-order valence-electron chi connectivity index (χ0n) is 8.23. The SMILES string of the molecule is Cl.O=C(O)[C@@]1(Cc2ccsc2)CCCN1. The molecule has 0 saturated carbocycles. The van der Waals surface area contributed by atoms with Crippen molar-refractivity contribution in [2.24, 2.45) is 0 Å². The summed E-state index contributed by atoms with van der Waals surface area (Å²) in [4.78, 5) is 11.2. The van der Waals surface area contributed by atoms with Gasteiger partial charge in [0.05, 0.1) is 0 Å². The smallest absolute Gasteiger partial charge is 0.324 e. The lowest BCUT2D eigenvalue weighted by Crippen LogP contribution is -2.49. The molecule has 2 rings (SSSR count). The summed E-state index contributed by atoms with van der Waals surface area (Å²) in [6, 6.07) is 2.00. The molecule has 1 atom stereocenters. The summed E-state index contributed by atoms with van der Waals surface area (Å²) < 4.78 is 0. The molecule has 0 unspecified atom stereocenters. The van der Waals surface area contributed by atoms with E-state index in [4.69, 9.17) is 0 Å². The van der Waals surface area contributed by atoms with Crippen LogP contribution in [-0.4, -0.2) is 23.2 Å². The fourth-order valence-corrected chi connectivity index (χ4v) is 2.63. The molecule has 1 aliphatic heterocycles. The first-order chi connectivity index (χ1) is 6.73. The summed E-state index contributed by atoms with van der Waals surface area (Å²) in [6.07, 6.45) is 2.29. The topological polar surface area (TPSA) is 49.3 Å². The zero-order chi connectivity index (χ0) is 10.0. The van der Waals surface area contributed by atoms with Crippen LogP contribution < -0.4 is 5.32 Å². The summed E-state index contributed by atoms with van der Waals surface area (Å²) >= 11 is 1.61. The fraction of sp³-hybridized carbons (Fsp3) is 0.500. The van der Waals surface area contributed by atoms with E-state index in [1.165, 1.54) is 0 Å². The molecule has 3 nitrogen and oxygen atoms in total. The summed E-state index contributed by atoms with van der Waals surface area (Å²) in [6.45, 7) is 0.816. The zero-order valence-corrected chi connectivity index (χ0v) is 9.87. The number of nitrogens with one attached hydrogen (secondary N) is 1. The van der Waals surface area contributed by atoms with Crippen LogP contribution in [0.4, 0.5) is 0 Å². The van der Waals surface area contributed by atoms with Gasteiger partial charge in [0.2, 0.25) is 0 Å². The van der Waals surface area contributed by atoms with Crippen LogP contribution in [0.5, 0.6) is 0 Å². The largest absolute Gasteiger partial charge is 0.480 e. The molecule has 84 valence electrons. The first-order valence-corrected chi connectivity index (χ1v) is 5.67. The van der Waals surface area contributed by atoms with Gasteiger partial charge in [0.15, 0.2) is 0 Å². The molecule has 2 N–H and O–H groups in total. The van der Waals surface area contributed by atoms with Crippen LogP contribution in [0.25, 0.3) is 0 Å². The van der Waals surface area contributed by atoms with E-state index in [0.717, 1.165) is 24.9 Å². The molecule has 0 amide bonds. The van der Waals surface area contributed by atoms with Gasteiger partial charge >= 0.3 is 5.97 Å². The highest BCUT2D eigenvalue weighted by atomic mass is 35.5. The predicted molar refractivity (Wildman–Crippen MR) is 62.9 cm³/mol. The lowest BCUT2D eigenvalue weighted by molar-refractivity contribution is -0.144. The van der Waals surface area contributed by atoms with Crippen molar-refractivity contribution in [1.82, 2.24) is 5.32 Å². The summed E-state index contributed by atoms with van der Waals surface area (Å²) in [7, 11) is 0. The van der Waals surface area contributed by atoms with Gasteiger partial charge in [0.25, 0.3) is 0 Å². The van der Waals surface area contributed by atoms with E-state index in [-0.39, 0.29) is 12.4 Å². The van der Waals surface area contributed by atoms with Crippen LogP contribution in [-0.2, 0) is 11.2 Å². The van der Waals surface area contributed by atoms with Crippen LogP contribution >= 0.6 is 23.7 Å². The van der Waals surface area contributed by atoms with Crippen molar-refractivity contribution in [2.45, 2.75) is 24.8 Å². The van der Waals surface area contributed by atoms with Crippen LogP contribution in [0.1, 0.15) is 18.4 Å². The highest BCUT2D eigenvalue weighted by Gasteiger charge is 2.40. The average Bonchev–Trinajstić information content (AvgIpc) is 2.76. The average molecular weight is 248 g/mol. The van der Waals surface area contributed by atoms with Gasteiger partial charge in [-0.1, -0.05) is 0 Å². The van der Waals surface area contributed by atoms with E-state index in [2.05, 4.69) is 5.32 Å². The Kier molecular flexibility index (Phi) is 4.13. The first kappa shape index (κ1) is 12.5. The molecule has 0 radical (unpaired) electrons. The minimum atomic E-state index is -0.721. The Hall–Kier alpha value is -0.580. The Morgan fingerprint density at radius 1 is 1.67 bits per heavy atom. The van der Waals surface area contributed by atoms with Crippen molar-refractivity contribution in [3.8, 4) is 0 Å². The molecule has 1 aliphatic rings. The van der Waals surface area contributed by atoms with E-state index in [0.29, 0.717) is 6.42 Å². The number of carboxylic acids is 1. The standard InChI is InChI=1S/C10H13NO2S.ClH/c12-9(13)10(3-1-4-11-10)6-8-2-5-14-7-8;/h2,5,7,11H,1,3-4,6H2,(H,12,13);1H/t10-;/m0./s1. The van der Waals surface area contributed by atoms with Gasteiger partial charge in [-0.25, -0.2) is 0 Å². The quantitative estimate of drug-likeness (QED) is 0.858. The molecular formula is C10H14ClNO2S. The van der Waals surface area contributed by atoms with Crippen molar-refractivity contribution in [3.63, 3.8) is 0 Å². The van der Waals surface area contributed by atoms with Crippen LogP contribution in [0.2, 0.25) is 0 Å². The summed E-state index contributed by atoms with van der Waals surface area (Å²) in [5.41, 5.74) is 0.410. The molecule has 0 bridgehead atoms. The lowest BCUT2D eigenvalue weighted by Gasteiger charge is -2.23. The molecule has 0 spiro atoms. The third kappa shape index (κ3) is 2.51. The van der Waals surface area contributed by atoms with Crippen molar-refractivity contribution in [1.29, 1.82) is 0 Å². The maximum atomic E-state index is 11.2. The molecule has 1 aromatic rings. The molecule has 1 saturated heterocycles. The summed E-state index contributed by atoms with van der Waals surface area (Å²) in [5.74, 6) is -0.721. The van der Waals surface area contributed by atoms with Gasteiger partial charge in [-0.05, 0) is 41.8 Å². The number of hydrogen-bond donors (Lipinski definition) is 2. The molecule has 15 heavy (non-hydrogen) atoms. The molecule has 2 heterocycles. The third-order valence-electron chi connectivity index (χ3n) is 2.74. The second-order valence-corrected chi connectivity index (χ2v) is 4.51. The molecule has 0 aromatic carbocycles. The number of aliphatic carboxylic acids is 1.